The molecule has 1 aliphatic heterocycles. The molecule has 1 aromatic heterocycles. The highest BCUT2D eigenvalue weighted by molar-refractivity contribution is 6.42. The molecule has 1 fully saturated rings. The molecule has 1 aliphatic rings. The molecule has 0 radical (unpaired) electrons. The second-order valence-corrected chi connectivity index (χ2v) is 7.25. The third kappa shape index (κ3) is 4.37. The summed E-state index contributed by atoms with van der Waals surface area (Å²) < 4.78 is 1.58. The van der Waals surface area contributed by atoms with E-state index in [1.165, 1.54) is 0 Å². The third-order valence-electron chi connectivity index (χ3n) is 4.55. The van der Waals surface area contributed by atoms with Gasteiger partial charge in [-0.25, -0.2) is 4.68 Å². The normalized spacial score (nSPS) is 17.3. The zero-order valence-corrected chi connectivity index (χ0v) is 15.6. The van der Waals surface area contributed by atoms with E-state index in [4.69, 9.17) is 28.3 Å². The van der Waals surface area contributed by atoms with Crippen LogP contribution in [0.15, 0.2) is 30.5 Å². The summed E-state index contributed by atoms with van der Waals surface area (Å²) in [5.74, 6) is -0.710. The van der Waals surface area contributed by atoms with E-state index in [1.807, 2.05) is 0 Å². The average Bonchev–Trinajstić information content (AvgIpc) is 3.12. The Morgan fingerprint density at radius 3 is 2.77 bits per heavy atom. The van der Waals surface area contributed by atoms with Crippen molar-refractivity contribution >= 4 is 35.1 Å². The lowest BCUT2D eigenvalue weighted by Gasteiger charge is -2.32. The van der Waals surface area contributed by atoms with Gasteiger partial charge in [-0.2, -0.15) is 5.10 Å². The van der Waals surface area contributed by atoms with Gasteiger partial charge in [0, 0.05) is 25.7 Å². The van der Waals surface area contributed by atoms with Crippen LogP contribution in [-0.2, 0) is 4.79 Å². The molecule has 0 saturated carbocycles. The first-order chi connectivity index (χ1) is 12.4. The lowest BCUT2D eigenvalue weighted by Crippen LogP contribution is -2.40. The first-order valence-electron chi connectivity index (χ1n) is 8.46. The highest BCUT2D eigenvalue weighted by atomic mass is 35.5. The number of aromatic nitrogens is 2. The molecule has 1 N–H and O–H groups in total. The number of benzene rings is 1. The number of carbonyl (C=O) groups is 2. The molecule has 2 aromatic rings. The van der Waals surface area contributed by atoms with Gasteiger partial charge in [-0.15, -0.1) is 0 Å². The van der Waals surface area contributed by atoms with Gasteiger partial charge in [0.2, 0.25) is 0 Å². The highest BCUT2D eigenvalue weighted by Crippen LogP contribution is 2.25. The van der Waals surface area contributed by atoms with Gasteiger partial charge >= 0.3 is 5.97 Å². The molecule has 8 heteroatoms. The summed E-state index contributed by atoms with van der Waals surface area (Å²) in [4.78, 5) is 25.2. The number of carboxylic acid groups (broad SMARTS) is 1. The SMILES string of the molecule is O=C(O)CCC1CCCN(C(=O)c2ccn(-c3ccc(Cl)c(Cl)c3)n2)C1. The van der Waals surface area contributed by atoms with E-state index in [1.54, 1.807) is 40.0 Å². The van der Waals surface area contributed by atoms with Gasteiger partial charge in [0.25, 0.3) is 5.91 Å². The van der Waals surface area contributed by atoms with Crippen LogP contribution in [0.25, 0.3) is 5.69 Å². The van der Waals surface area contributed by atoms with Crippen LogP contribution in [-0.4, -0.2) is 44.8 Å². The number of halogens is 2. The van der Waals surface area contributed by atoms with Crippen molar-refractivity contribution in [3.05, 3.63) is 46.2 Å². The Morgan fingerprint density at radius 1 is 1.23 bits per heavy atom. The van der Waals surface area contributed by atoms with Crippen molar-refractivity contribution in [1.82, 2.24) is 14.7 Å². The molecule has 26 heavy (non-hydrogen) atoms. The fourth-order valence-electron chi connectivity index (χ4n) is 3.18. The Labute approximate surface area is 161 Å². The first-order valence-corrected chi connectivity index (χ1v) is 9.22. The molecule has 1 saturated heterocycles. The average molecular weight is 396 g/mol. The monoisotopic (exact) mass is 395 g/mol. The number of nitrogens with zero attached hydrogens (tertiary/aromatic N) is 3. The van der Waals surface area contributed by atoms with E-state index in [-0.39, 0.29) is 18.2 Å². The maximum absolute atomic E-state index is 12.7. The molecular formula is C18H19Cl2N3O3. The van der Waals surface area contributed by atoms with Crippen LogP contribution >= 0.6 is 23.2 Å². The molecule has 6 nitrogen and oxygen atoms in total. The van der Waals surface area contributed by atoms with Crippen molar-refractivity contribution < 1.29 is 14.7 Å². The number of hydrogen-bond acceptors (Lipinski definition) is 3. The zero-order valence-electron chi connectivity index (χ0n) is 14.1. The Morgan fingerprint density at radius 2 is 2.04 bits per heavy atom. The van der Waals surface area contributed by atoms with Gasteiger partial charge in [-0.05, 0) is 49.4 Å². The quantitative estimate of drug-likeness (QED) is 0.832. The van der Waals surface area contributed by atoms with Gasteiger partial charge in [-0.3, -0.25) is 9.59 Å². The van der Waals surface area contributed by atoms with E-state index < -0.39 is 5.97 Å². The topological polar surface area (TPSA) is 75.4 Å². The van der Waals surface area contributed by atoms with Crippen LogP contribution in [0.2, 0.25) is 10.0 Å². The Hall–Kier alpha value is -2.05. The molecular weight excluding hydrogens is 377 g/mol. The minimum atomic E-state index is -0.797. The van der Waals surface area contributed by atoms with Crippen molar-refractivity contribution in [3.8, 4) is 5.69 Å². The second-order valence-electron chi connectivity index (χ2n) is 6.44. The number of piperidine rings is 1. The summed E-state index contributed by atoms with van der Waals surface area (Å²) in [6.45, 7) is 1.24. The van der Waals surface area contributed by atoms with Crippen LogP contribution in [0.1, 0.15) is 36.2 Å². The summed E-state index contributed by atoms with van der Waals surface area (Å²) in [6, 6.07) is 6.82. The van der Waals surface area contributed by atoms with E-state index >= 15 is 0 Å². The lowest BCUT2D eigenvalue weighted by atomic mass is 9.93. The number of amides is 1. The van der Waals surface area contributed by atoms with Gasteiger partial charge in [-0.1, -0.05) is 23.2 Å². The minimum Gasteiger partial charge on any atom is -0.481 e. The van der Waals surface area contributed by atoms with Crippen LogP contribution in [0, 0.1) is 5.92 Å². The maximum Gasteiger partial charge on any atom is 0.303 e. The number of hydrogen-bond donors (Lipinski definition) is 1. The van der Waals surface area contributed by atoms with Crippen LogP contribution in [0.4, 0.5) is 0 Å². The Balaban J connectivity index is 1.69. The summed E-state index contributed by atoms with van der Waals surface area (Å²) in [7, 11) is 0. The predicted octanol–water partition coefficient (Wildman–Crippen LogP) is 3.90. The molecule has 0 bridgehead atoms. The number of rotatable bonds is 5. The molecule has 1 amide bonds. The van der Waals surface area contributed by atoms with Crippen LogP contribution in [0.5, 0.6) is 0 Å². The molecule has 3 rings (SSSR count). The maximum atomic E-state index is 12.7. The number of carbonyl (C=O) groups excluding carboxylic acids is 1. The van der Waals surface area contributed by atoms with Crippen molar-refractivity contribution in [2.45, 2.75) is 25.7 Å². The van der Waals surface area contributed by atoms with Crippen LogP contribution < -0.4 is 0 Å². The highest BCUT2D eigenvalue weighted by Gasteiger charge is 2.26. The predicted molar refractivity (Wildman–Crippen MR) is 99.1 cm³/mol. The molecule has 1 aromatic carbocycles. The Kier molecular flexibility index (Phi) is 5.84. The fourth-order valence-corrected chi connectivity index (χ4v) is 3.48. The van der Waals surface area contributed by atoms with Gasteiger partial charge in [0.05, 0.1) is 15.7 Å². The summed E-state index contributed by atoms with van der Waals surface area (Å²) >= 11 is 12.0. The summed E-state index contributed by atoms with van der Waals surface area (Å²) in [6.07, 6.45) is 4.27. The number of likely N-dealkylation sites (tertiary alicyclic amines) is 1. The molecule has 1 atom stereocenters. The van der Waals surface area contributed by atoms with Crippen LogP contribution in [0.3, 0.4) is 0 Å². The van der Waals surface area contributed by atoms with Gasteiger partial charge in [0.15, 0.2) is 5.69 Å². The van der Waals surface area contributed by atoms with E-state index in [0.717, 1.165) is 18.5 Å². The molecule has 138 valence electrons. The number of aliphatic carboxylic acids is 1. The lowest BCUT2D eigenvalue weighted by molar-refractivity contribution is -0.137. The number of carboxylic acids is 1. The van der Waals surface area contributed by atoms with Gasteiger partial charge in [0.1, 0.15) is 0 Å². The van der Waals surface area contributed by atoms with Crippen molar-refractivity contribution in [1.29, 1.82) is 0 Å². The molecule has 2 heterocycles. The first kappa shape index (κ1) is 18.7. The van der Waals surface area contributed by atoms with Crippen molar-refractivity contribution in [2.24, 2.45) is 5.92 Å². The molecule has 0 spiro atoms. The smallest absolute Gasteiger partial charge is 0.303 e. The summed E-state index contributed by atoms with van der Waals surface area (Å²) in [5, 5.41) is 14.1. The van der Waals surface area contributed by atoms with Gasteiger partial charge < -0.3 is 10.0 Å². The largest absolute Gasteiger partial charge is 0.481 e. The third-order valence-corrected chi connectivity index (χ3v) is 5.29. The fraction of sp³-hybridized carbons (Fsp3) is 0.389. The molecule has 1 unspecified atom stereocenters. The second kappa shape index (κ2) is 8.10. The summed E-state index contributed by atoms with van der Waals surface area (Å²) in [5.41, 5.74) is 1.08. The van der Waals surface area contributed by atoms with Crippen molar-refractivity contribution in [3.63, 3.8) is 0 Å². The van der Waals surface area contributed by atoms with E-state index in [0.29, 0.717) is 35.2 Å². The van der Waals surface area contributed by atoms with E-state index in [9.17, 15) is 9.59 Å². The van der Waals surface area contributed by atoms with E-state index in [2.05, 4.69) is 5.10 Å². The Bertz CT molecular complexity index is 822. The molecule has 0 aliphatic carbocycles. The zero-order chi connectivity index (χ0) is 18.7. The van der Waals surface area contributed by atoms with Crippen molar-refractivity contribution in [2.75, 3.05) is 13.1 Å². The minimum absolute atomic E-state index is 0.135. The standard InChI is InChI=1S/C18H19Cl2N3O3/c19-14-5-4-13(10-15(14)20)23-9-7-16(21-23)18(26)22-8-1-2-12(11-22)3-6-17(24)25/h4-5,7,9-10,12H,1-3,6,8,11H2,(H,24,25).